The lowest BCUT2D eigenvalue weighted by Crippen LogP contribution is -2.38. The molecule has 1 aromatic rings. The fourth-order valence-electron chi connectivity index (χ4n) is 2.12. The maximum absolute atomic E-state index is 12.7. The summed E-state index contributed by atoms with van der Waals surface area (Å²) in [5, 5.41) is 12.1. The normalized spacial score (nSPS) is 25.3. The second-order valence-corrected chi connectivity index (χ2v) is 4.18. The Morgan fingerprint density at radius 1 is 1.31 bits per heavy atom. The van der Waals surface area contributed by atoms with E-state index in [-0.39, 0.29) is 17.7 Å². The van der Waals surface area contributed by atoms with Crippen molar-refractivity contribution in [3.8, 4) is 0 Å². The molecular weight excluding hydrogens is 209 g/mol. The average molecular weight is 223 g/mol. The topological polar surface area (TPSA) is 49.3 Å². The summed E-state index contributed by atoms with van der Waals surface area (Å²) in [5.74, 6) is -1.21. The highest BCUT2D eigenvalue weighted by Gasteiger charge is 2.27. The van der Waals surface area contributed by atoms with E-state index in [1.54, 1.807) is 12.1 Å². The molecule has 1 aromatic carbocycles. The molecule has 2 rings (SSSR count). The minimum atomic E-state index is -0.765. The average Bonchev–Trinajstić information content (AvgIpc) is 2.30. The molecule has 1 fully saturated rings. The standard InChI is InChI=1S/C12H14FNO2/c13-11-3-1-8(2-4-11)9-5-10(12(15)16)7-14-6-9/h1-4,9-10,14H,5-7H2,(H,15,16)/t9-,10-/m1/s1. The summed E-state index contributed by atoms with van der Waals surface area (Å²) >= 11 is 0. The number of benzene rings is 1. The summed E-state index contributed by atoms with van der Waals surface area (Å²) in [6, 6.07) is 6.29. The lowest BCUT2D eigenvalue weighted by Gasteiger charge is -2.27. The van der Waals surface area contributed by atoms with Gasteiger partial charge in [0, 0.05) is 13.1 Å². The number of carboxylic acid groups (broad SMARTS) is 1. The van der Waals surface area contributed by atoms with Crippen LogP contribution in [0.4, 0.5) is 4.39 Å². The van der Waals surface area contributed by atoms with Crippen molar-refractivity contribution in [2.24, 2.45) is 5.92 Å². The summed E-state index contributed by atoms with van der Waals surface area (Å²) in [6.07, 6.45) is 0.619. The van der Waals surface area contributed by atoms with Gasteiger partial charge in [-0.1, -0.05) is 12.1 Å². The zero-order chi connectivity index (χ0) is 11.5. The van der Waals surface area contributed by atoms with Crippen LogP contribution in [0.25, 0.3) is 0 Å². The van der Waals surface area contributed by atoms with E-state index in [0.29, 0.717) is 13.0 Å². The van der Waals surface area contributed by atoms with Crippen LogP contribution in [-0.4, -0.2) is 24.2 Å². The first-order valence-corrected chi connectivity index (χ1v) is 5.36. The number of hydrogen-bond donors (Lipinski definition) is 2. The van der Waals surface area contributed by atoms with Gasteiger partial charge in [0.25, 0.3) is 0 Å². The summed E-state index contributed by atoms with van der Waals surface area (Å²) < 4.78 is 12.7. The molecule has 1 aliphatic rings. The second kappa shape index (κ2) is 4.61. The molecular formula is C12H14FNO2. The van der Waals surface area contributed by atoms with Gasteiger partial charge in [0.2, 0.25) is 0 Å². The first kappa shape index (κ1) is 11.1. The minimum Gasteiger partial charge on any atom is -0.481 e. The number of carboxylic acids is 1. The molecule has 0 bridgehead atoms. The molecule has 0 unspecified atom stereocenters. The fraction of sp³-hybridized carbons (Fsp3) is 0.417. The van der Waals surface area contributed by atoms with Gasteiger partial charge in [-0.3, -0.25) is 4.79 Å². The molecule has 0 spiro atoms. The number of aliphatic carboxylic acids is 1. The zero-order valence-electron chi connectivity index (χ0n) is 8.82. The van der Waals surface area contributed by atoms with E-state index < -0.39 is 5.97 Å². The SMILES string of the molecule is O=C(O)[C@H]1CNC[C@H](c2ccc(F)cc2)C1. The van der Waals surface area contributed by atoms with E-state index in [0.717, 1.165) is 12.1 Å². The Balaban J connectivity index is 2.09. The van der Waals surface area contributed by atoms with Crippen LogP contribution in [0.3, 0.4) is 0 Å². The van der Waals surface area contributed by atoms with E-state index in [2.05, 4.69) is 5.32 Å². The van der Waals surface area contributed by atoms with Gasteiger partial charge in [-0.15, -0.1) is 0 Å². The third-order valence-electron chi connectivity index (χ3n) is 3.04. The van der Waals surface area contributed by atoms with Crippen LogP contribution in [0.2, 0.25) is 0 Å². The highest BCUT2D eigenvalue weighted by Crippen LogP contribution is 2.26. The Hall–Kier alpha value is -1.42. The molecule has 2 atom stereocenters. The Morgan fingerprint density at radius 3 is 2.62 bits per heavy atom. The zero-order valence-corrected chi connectivity index (χ0v) is 8.82. The van der Waals surface area contributed by atoms with Gasteiger partial charge in [-0.25, -0.2) is 4.39 Å². The van der Waals surface area contributed by atoms with Crippen molar-refractivity contribution >= 4 is 5.97 Å². The quantitative estimate of drug-likeness (QED) is 0.800. The van der Waals surface area contributed by atoms with Crippen molar-refractivity contribution in [2.75, 3.05) is 13.1 Å². The molecule has 4 heteroatoms. The minimum absolute atomic E-state index is 0.162. The Labute approximate surface area is 93.3 Å². The summed E-state index contributed by atoms with van der Waals surface area (Å²) in [6.45, 7) is 1.28. The van der Waals surface area contributed by atoms with Crippen LogP contribution in [-0.2, 0) is 4.79 Å². The van der Waals surface area contributed by atoms with Crippen molar-refractivity contribution in [1.29, 1.82) is 0 Å². The first-order chi connectivity index (χ1) is 7.66. The van der Waals surface area contributed by atoms with E-state index in [4.69, 9.17) is 5.11 Å². The number of rotatable bonds is 2. The molecule has 0 amide bonds. The maximum atomic E-state index is 12.7. The predicted molar refractivity (Wildman–Crippen MR) is 57.8 cm³/mol. The van der Waals surface area contributed by atoms with Crippen molar-refractivity contribution in [2.45, 2.75) is 12.3 Å². The molecule has 16 heavy (non-hydrogen) atoms. The number of hydrogen-bond acceptors (Lipinski definition) is 2. The van der Waals surface area contributed by atoms with Crippen LogP contribution >= 0.6 is 0 Å². The van der Waals surface area contributed by atoms with E-state index in [1.807, 2.05) is 0 Å². The van der Waals surface area contributed by atoms with Gasteiger partial charge < -0.3 is 10.4 Å². The highest BCUT2D eigenvalue weighted by atomic mass is 19.1. The first-order valence-electron chi connectivity index (χ1n) is 5.36. The maximum Gasteiger partial charge on any atom is 0.307 e. The monoisotopic (exact) mass is 223 g/mol. The number of piperidine rings is 1. The molecule has 0 aliphatic carbocycles. The lowest BCUT2D eigenvalue weighted by molar-refractivity contribution is -0.142. The number of nitrogens with one attached hydrogen (secondary N) is 1. The van der Waals surface area contributed by atoms with Crippen LogP contribution in [0, 0.1) is 11.7 Å². The Kier molecular flexibility index (Phi) is 3.19. The van der Waals surface area contributed by atoms with Gasteiger partial charge in [0.15, 0.2) is 0 Å². The van der Waals surface area contributed by atoms with Crippen LogP contribution < -0.4 is 5.32 Å². The molecule has 1 heterocycles. The lowest BCUT2D eigenvalue weighted by atomic mass is 9.86. The number of carbonyl (C=O) groups is 1. The third kappa shape index (κ3) is 2.39. The van der Waals surface area contributed by atoms with Crippen molar-refractivity contribution in [3.63, 3.8) is 0 Å². The van der Waals surface area contributed by atoms with Crippen molar-refractivity contribution in [1.82, 2.24) is 5.32 Å². The summed E-state index contributed by atoms with van der Waals surface area (Å²) in [7, 11) is 0. The molecule has 86 valence electrons. The summed E-state index contributed by atoms with van der Waals surface area (Å²) in [5.41, 5.74) is 1.000. The van der Waals surface area contributed by atoms with Crippen LogP contribution in [0.1, 0.15) is 17.9 Å². The third-order valence-corrected chi connectivity index (χ3v) is 3.04. The molecule has 0 aromatic heterocycles. The Bertz CT molecular complexity index is 377. The van der Waals surface area contributed by atoms with Crippen molar-refractivity contribution in [3.05, 3.63) is 35.6 Å². The van der Waals surface area contributed by atoms with Crippen LogP contribution in [0.15, 0.2) is 24.3 Å². The van der Waals surface area contributed by atoms with Gasteiger partial charge >= 0.3 is 5.97 Å². The van der Waals surface area contributed by atoms with Gasteiger partial charge in [0.1, 0.15) is 5.82 Å². The summed E-state index contributed by atoms with van der Waals surface area (Å²) in [4.78, 5) is 10.9. The fourth-order valence-corrected chi connectivity index (χ4v) is 2.12. The molecule has 1 saturated heterocycles. The molecule has 2 N–H and O–H groups in total. The van der Waals surface area contributed by atoms with Crippen LogP contribution in [0.5, 0.6) is 0 Å². The highest BCUT2D eigenvalue weighted by molar-refractivity contribution is 5.70. The molecule has 1 aliphatic heterocycles. The van der Waals surface area contributed by atoms with Gasteiger partial charge in [-0.05, 0) is 30.0 Å². The van der Waals surface area contributed by atoms with Gasteiger partial charge in [0.05, 0.1) is 5.92 Å². The van der Waals surface area contributed by atoms with Crippen molar-refractivity contribution < 1.29 is 14.3 Å². The molecule has 3 nitrogen and oxygen atoms in total. The largest absolute Gasteiger partial charge is 0.481 e. The number of halogens is 1. The predicted octanol–water partition coefficient (Wildman–Crippen LogP) is 1.60. The van der Waals surface area contributed by atoms with Gasteiger partial charge in [-0.2, -0.15) is 0 Å². The molecule has 0 radical (unpaired) electrons. The molecule has 0 saturated carbocycles. The van der Waals surface area contributed by atoms with E-state index >= 15 is 0 Å². The van der Waals surface area contributed by atoms with E-state index in [9.17, 15) is 9.18 Å². The second-order valence-electron chi connectivity index (χ2n) is 4.18. The smallest absolute Gasteiger partial charge is 0.307 e. The Morgan fingerprint density at radius 2 is 2.00 bits per heavy atom. The van der Waals surface area contributed by atoms with E-state index in [1.165, 1.54) is 12.1 Å².